The Labute approximate surface area is 332 Å². The van der Waals surface area contributed by atoms with E-state index in [4.69, 9.17) is 19.2 Å². The Morgan fingerprint density at radius 3 is 1.95 bits per heavy atom. The molecular weight excluding hydrogens is 779 g/mol. The van der Waals surface area contributed by atoms with Gasteiger partial charge in [0.15, 0.2) is 0 Å². The van der Waals surface area contributed by atoms with Crippen molar-refractivity contribution < 1.29 is 45.8 Å². The molecule has 2 bridgehead atoms. The average Bonchev–Trinajstić information content (AvgIpc) is 3.72. The number of nitrogens with one attached hydrogen (secondary N) is 2. The highest BCUT2D eigenvalue weighted by atomic mass is 19.3. The van der Waals surface area contributed by atoms with E-state index < -0.39 is 47.3 Å². The molecule has 0 spiro atoms. The monoisotopic (exact) mass is 816 g/mol. The van der Waals surface area contributed by atoms with Gasteiger partial charge in [-0.05, 0) is 68.9 Å². The first-order valence-corrected chi connectivity index (χ1v) is 19.0. The Balaban J connectivity index is 0.962. The van der Waals surface area contributed by atoms with Crippen molar-refractivity contribution in [2.45, 2.75) is 75.0 Å². The molecule has 306 valence electrons. The third kappa shape index (κ3) is 7.08. The van der Waals surface area contributed by atoms with Crippen molar-refractivity contribution in [1.82, 2.24) is 28.7 Å². The van der Waals surface area contributed by atoms with Gasteiger partial charge in [-0.25, -0.2) is 41.9 Å². The van der Waals surface area contributed by atoms with Crippen LogP contribution in [0.2, 0.25) is 0 Å². The third-order valence-corrected chi connectivity index (χ3v) is 11.2. The Kier molecular flexibility index (Phi) is 9.28. The van der Waals surface area contributed by atoms with Crippen molar-refractivity contribution in [3.63, 3.8) is 0 Å². The number of pyridine rings is 4. The van der Waals surface area contributed by atoms with Gasteiger partial charge >= 0.3 is 0 Å². The quantitative estimate of drug-likeness (QED) is 0.0987. The van der Waals surface area contributed by atoms with Gasteiger partial charge in [0.25, 0.3) is 24.7 Å². The van der Waals surface area contributed by atoms with E-state index in [1.54, 1.807) is 47.4 Å². The summed E-state index contributed by atoms with van der Waals surface area (Å²) in [5.74, 6) is -1.09. The first kappa shape index (κ1) is 38.4. The lowest BCUT2D eigenvalue weighted by atomic mass is 9.41. The molecule has 0 aromatic carbocycles. The summed E-state index contributed by atoms with van der Waals surface area (Å²) in [6.07, 6.45) is 3.64. The number of imidazole rings is 2. The molecule has 10 rings (SSSR count). The van der Waals surface area contributed by atoms with Gasteiger partial charge in [0.1, 0.15) is 68.2 Å². The lowest BCUT2D eigenvalue weighted by molar-refractivity contribution is -0.159. The normalized spacial score (nSPS) is 20.1. The summed E-state index contributed by atoms with van der Waals surface area (Å²) in [7, 11) is 1.63. The fourth-order valence-corrected chi connectivity index (χ4v) is 8.04. The zero-order valence-corrected chi connectivity index (χ0v) is 31.8. The Hall–Kier alpha value is -6.17. The number of ether oxygens (including phenoxy) is 3. The molecule has 18 heteroatoms. The number of aromatic nitrogens is 6. The number of carbonyl (C=O) groups excluding carboxylic acids is 2. The van der Waals surface area contributed by atoms with Crippen molar-refractivity contribution >= 4 is 34.5 Å². The van der Waals surface area contributed by atoms with Crippen LogP contribution in [-0.4, -0.2) is 66.5 Å². The van der Waals surface area contributed by atoms with Crippen LogP contribution in [0.1, 0.15) is 101 Å². The summed E-state index contributed by atoms with van der Waals surface area (Å²) < 4.78 is 90.4. The minimum atomic E-state index is -3.00. The number of halogens is 5. The van der Waals surface area contributed by atoms with Crippen LogP contribution in [0.25, 0.3) is 11.3 Å². The average molecular weight is 817 g/mol. The molecule has 6 aromatic heterocycles. The van der Waals surface area contributed by atoms with E-state index in [2.05, 4.69) is 25.6 Å². The van der Waals surface area contributed by atoms with Gasteiger partial charge in [0, 0.05) is 55.9 Å². The molecule has 0 radical (unpaired) electrons. The molecule has 0 atom stereocenters. The Morgan fingerprint density at radius 1 is 0.763 bits per heavy atom. The van der Waals surface area contributed by atoms with Crippen LogP contribution in [0.15, 0.2) is 67.3 Å². The zero-order chi connectivity index (χ0) is 41.3. The highest BCUT2D eigenvalue weighted by Gasteiger charge is 2.70. The maximum atomic E-state index is 14.4. The van der Waals surface area contributed by atoms with E-state index in [0.717, 1.165) is 24.6 Å². The molecule has 13 nitrogen and oxygen atoms in total. The van der Waals surface area contributed by atoms with E-state index in [-0.39, 0.29) is 53.6 Å². The summed E-state index contributed by atoms with van der Waals surface area (Å²) in [5, 5.41) is 5.42. The second-order valence-electron chi connectivity index (χ2n) is 15.3. The van der Waals surface area contributed by atoms with Gasteiger partial charge in [-0.15, -0.1) is 0 Å². The molecule has 2 N–H and O–H groups in total. The number of hydrogen-bond acceptors (Lipinski definition) is 9. The predicted octanol–water partition coefficient (Wildman–Crippen LogP) is 7.95. The van der Waals surface area contributed by atoms with Gasteiger partial charge in [0.05, 0.1) is 24.6 Å². The van der Waals surface area contributed by atoms with Gasteiger partial charge < -0.3 is 33.6 Å². The van der Waals surface area contributed by atoms with Crippen molar-refractivity contribution in [3.8, 4) is 11.5 Å². The number of nitrogens with zero attached hydrogens (tertiary/aromatic N) is 6. The summed E-state index contributed by atoms with van der Waals surface area (Å²) in [5.41, 5.74) is -0.533. The highest BCUT2D eigenvalue weighted by molar-refractivity contribution is 6.04. The summed E-state index contributed by atoms with van der Waals surface area (Å²) in [6, 6.07) is 9.48. The Bertz CT molecular complexity index is 2620. The maximum absolute atomic E-state index is 14.4. The van der Waals surface area contributed by atoms with E-state index >= 15 is 0 Å². The molecule has 4 saturated carbocycles. The van der Waals surface area contributed by atoms with Crippen LogP contribution in [0.3, 0.4) is 0 Å². The third-order valence-electron chi connectivity index (χ3n) is 11.2. The second-order valence-corrected chi connectivity index (χ2v) is 15.3. The molecule has 0 saturated heterocycles. The van der Waals surface area contributed by atoms with E-state index in [0.29, 0.717) is 47.6 Å². The Morgan fingerprint density at radius 2 is 1.36 bits per heavy atom. The smallest absolute Gasteiger partial charge is 0.280 e. The van der Waals surface area contributed by atoms with Crippen molar-refractivity contribution in [2.75, 3.05) is 31.0 Å². The largest absolute Gasteiger partial charge is 0.491 e. The van der Waals surface area contributed by atoms with Crippen LogP contribution in [0, 0.1) is 0 Å². The predicted molar refractivity (Wildman–Crippen MR) is 202 cm³/mol. The van der Waals surface area contributed by atoms with Crippen LogP contribution in [-0.2, 0) is 22.2 Å². The molecule has 2 amide bonds. The molecule has 6 aromatic rings. The van der Waals surface area contributed by atoms with Crippen molar-refractivity contribution in [1.29, 1.82) is 0 Å². The number of amides is 2. The first-order chi connectivity index (χ1) is 28.3. The van der Waals surface area contributed by atoms with Gasteiger partial charge in [-0.3, -0.25) is 9.59 Å². The van der Waals surface area contributed by atoms with Gasteiger partial charge in [-0.2, -0.15) is 0 Å². The van der Waals surface area contributed by atoms with Crippen molar-refractivity contribution in [3.05, 3.63) is 107 Å². The maximum Gasteiger partial charge on any atom is 0.280 e. The zero-order valence-electron chi connectivity index (χ0n) is 31.8. The summed E-state index contributed by atoms with van der Waals surface area (Å²) in [6.45, 7) is 1.94. The molecule has 4 aliphatic carbocycles. The van der Waals surface area contributed by atoms with Crippen LogP contribution in [0.5, 0.6) is 11.5 Å². The van der Waals surface area contributed by atoms with Crippen LogP contribution < -0.4 is 20.1 Å². The number of fused-ring (bicyclic) bond motifs is 2. The molecule has 6 heterocycles. The van der Waals surface area contributed by atoms with E-state index in [1.807, 2.05) is 6.20 Å². The number of alkyl halides is 5. The van der Waals surface area contributed by atoms with Crippen molar-refractivity contribution in [2.24, 2.45) is 0 Å². The molecule has 4 fully saturated rings. The number of hydrogen-bond donors (Lipinski definition) is 2. The lowest BCUT2D eigenvalue weighted by Gasteiger charge is -2.65. The molecular formula is C41H37F5N8O5. The fraction of sp³-hybridized carbons (Fsp3) is 0.366. The number of anilines is 2. The van der Waals surface area contributed by atoms with Crippen LogP contribution in [0.4, 0.5) is 33.3 Å². The summed E-state index contributed by atoms with van der Waals surface area (Å²) in [4.78, 5) is 44.0. The molecule has 0 aliphatic heterocycles. The summed E-state index contributed by atoms with van der Waals surface area (Å²) >= 11 is 0. The molecule has 0 unspecified atom stereocenters. The minimum absolute atomic E-state index is 0.0235. The minimum Gasteiger partial charge on any atom is -0.491 e. The van der Waals surface area contributed by atoms with E-state index in [1.165, 1.54) is 30.5 Å². The van der Waals surface area contributed by atoms with Crippen LogP contribution >= 0.6 is 0 Å². The SMILES string of the molecule is CCOc1cc2nc(C3(OC)CC3)cn2cc1NC(=O)c1cc(CCOc2cc3nc(C45CC(F)(C4)C5)cn3cc2NC(=O)c2cccc(C(F)F)n2)cc(C(F)F)n1. The molecule has 4 aliphatic rings. The van der Waals surface area contributed by atoms with Gasteiger partial charge in [-0.1, -0.05) is 6.07 Å². The number of carbonyl (C=O) groups is 2. The van der Waals surface area contributed by atoms with E-state index in [9.17, 15) is 31.5 Å². The fourth-order valence-electron chi connectivity index (χ4n) is 8.04. The molecule has 59 heavy (non-hydrogen) atoms. The number of methoxy groups -OCH3 is 1. The first-order valence-electron chi connectivity index (χ1n) is 19.0. The second kappa shape index (κ2) is 14.3. The van der Waals surface area contributed by atoms with Gasteiger partial charge in [0.2, 0.25) is 0 Å². The topological polar surface area (TPSA) is 146 Å². The standard InChI is InChI=1S/C41H37F5N8O5/c1-3-58-29-13-34-52-32(41(57-2)8-9-41)18-54(34)15-27(29)50-38(56)26-12-22(11-25(48-26)36(44)45)7-10-59-30-14-33-51-31(39-19-40(46,20-39)21-39)17-53(33)16-28(30)49-37(55)24-6-4-5-23(47-24)35(42)43/h4-6,11-18,35-36H,3,7-10,19-21H2,1-2H3,(H,49,55)(H,50,56). The lowest BCUT2D eigenvalue weighted by Crippen LogP contribution is -2.67. The highest BCUT2D eigenvalue weighted by Crippen LogP contribution is 2.69. The number of rotatable bonds is 15.